The Kier molecular flexibility index (Phi) is 4.76. The number of pyridine rings is 1. The molecule has 2 aromatic rings. The lowest BCUT2D eigenvalue weighted by atomic mass is 10.2. The second-order valence-corrected chi connectivity index (χ2v) is 6.07. The lowest BCUT2D eigenvalue weighted by Crippen LogP contribution is -2.46. The molecule has 0 radical (unpaired) electrons. The molecule has 0 aliphatic carbocycles. The van der Waals surface area contributed by atoms with E-state index in [-0.39, 0.29) is 0 Å². The zero-order valence-electron chi connectivity index (χ0n) is 14.0. The van der Waals surface area contributed by atoms with E-state index < -0.39 is 0 Å². The summed E-state index contributed by atoms with van der Waals surface area (Å²) in [6, 6.07) is 4.37. The van der Waals surface area contributed by atoms with Crippen LogP contribution in [0.15, 0.2) is 24.7 Å². The molecule has 2 aromatic heterocycles. The number of ether oxygens (including phenoxy) is 1. The number of nitrogens with zero attached hydrogens (tertiary/aromatic N) is 6. The van der Waals surface area contributed by atoms with Crippen molar-refractivity contribution in [1.82, 2.24) is 24.6 Å². The van der Waals surface area contributed by atoms with Gasteiger partial charge in [-0.15, -0.1) is 10.2 Å². The molecule has 3 heterocycles. The van der Waals surface area contributed by atoms with Gasteiger partial charge in [0.2, 0.25) is 5.88 Å². The van der Waals surface area contributed by atoms with Gasteiger partial charge in [-0.2, -0.15) is 0 Å². The fourth-order valence-electron chi connectivity index (χ4n) is 2.86. The van der Waals surface area contributed by atoms with E-state index in [1.54, 1.807) is 7.11 Å². The molecule has 0 spiro atoms. The van der Waals surface area contributed by atoms with Gasteiger partial charge in [0, 0.05) is 38.3 Å². The average molecular weight is 316 g/mol. The summed E-state index contributed by atoms with van der Waals surface area (Å²) < 4.78 is 7.25. The molecule has 23 heavy (non-hydrogen) atoms. The largest absolute Gasteiger partial charge is 0.481 e. The van der Waals surface area contributed by atoms with E-state index in [0.717, 1.165) is 44.2 Å². The fraction of sp³-hybridized carbons (Fsp3) is 0.562. The molecule has 7 nitrogen and oxygen atoms in total. The monoisotopic (exact) mass is 316 g/mol. The molecule has 0 unspecified atom stereocenters. The standard InChI is InChI=1S/C16H24N6O/c1-13(2)22-12-18-19-15(22)11-20-6-8-21(9-7-20)14-4-5-16(23-3)17-10-14/h4-5,10,12-13H,6-9,11H2,1-3H3. The number of hydrogen-bond donors (Lipinski definition) is 0. The van der Waals surface area contributed by atoms with Crippen LogP contribution in [0.25, 0.3) is 0 Å². The van der Waals surface area contributed by atoms with E-state index in [1.165, 1.54) is 0 Å². The van der Waals surface area contributed by atoms with Gasteiger partial charge in [-0.1, -0.05) is 0 Å². The second-order valence-electron chi connectivity index (χ2n) is 6.07. The Hall–Kier alpha value is -2.15. The Bertz CT molecular complexity index is 616. The highest BCUT2D eigenvalue weighted by atomic mass is 16.5. The van der Waals surface area contributed by atoms with E-state index in [2.05, 4.69) is 49.5 Å². The zero-order chi connectivity index (χ0) is 16.2. The van der Waals surface area contributed by atoms with Crippen LogP contribution >= 0.6 is 0 Å². The Morgan fingerprint density at radius 1 is 1.17 bits per heavy atom. The molecule has 1 aliphatic rings. The number of aromatic nitrogens is 4. The highest BCUT2D eigenvalue weighted by Crippen LogP contribution is 2.19. The van der Waals surface area contributed by atoms with E-state index in [4.69, 9.17) is 4.74 Å². The van der Waals surface area contributed by atoms with Crippen molar-refractivity contribution in [3.05, 3.63) is 30.5 Å². The van der Waals surface area contributed by atoms with Crippen LogP contribution in [-0.2, 0) is 6.54 Å². The topological polar surface area (TPSA) is 59.3 Å². The molecule has 1 fully saturated rings. The highest BCUT2D eigenvalue weighted by molar-refractivity contribution is 5.45. The predicted molar refractivity (Wildman–Crippen MR) is 88.7 cm³/mol. The average Bonchev–Trinajstić information content (AvgIpc) is 3.04. The van der Waals surface area contributed by atoms with Gasteiger partial charge < -0.3 is 14.2 Å². The van der Waals surface area contributed by atoms with Crippen molar-refractivity contribution in [2.24, 2.45) is 0 Å². The van der Waals surface area contributed by atoms with Gasteiger partial charge in [0.15, 0.2) is 0 Å². The molecule has 0 amide bonds. The van der Waals surface area contributed by atoms with E-state index in [0.29, 0.717) is 11.9 Å². The maximum atomic E-state index is 5.11. The first-order valence-electron chi connectivity index (χ1n) is 8.03. The Morgan fingerprint density at radius 2 is 1.96 bits per heavy atom. The zero-order valence-corrected chi connectivity index (χ0v) is 14.0. The van der Waals surface area contributed by atoms with Gasteiger partial charge in [0.25, 0.3) is 0 Å². The lowest BCUT2D eigenvalue weighted by Gasteiger charge is -2.35. The summed E-state index contributed by atoms with van der Waals surface area (Å²) in [5.41, 5.74) is 1.15. The molecule has 0 aromatic carbocycles. The molecule has 0 saturated carbocycles. The number of rotatable bonds is 5. The molecule has 124 valence electrons. The predicted octanol–water partition coefficient (Wildman–Crippen LogP) is 1.58. The minimum atomic E-state index is 0.395. The summed E-state index contributed by atoms with van der Waals surface area (Å²) in [7, 11) is 1.64. The number of hydrogen-bond acceptors (Lipinski definition) is 6. The smallest absolute Gasteiger partial charge is 0.213 e. The summed E-state index contributed by atoms with van der Waals surface area (Å²) in [5, 5.41) is 8.31. The Morgan fingerprint density at radius 3 is 2.57 bits per heavy atom. The molecule has 1 saturated heterocycles. The van der Waals surface area contributed by atoms with Crippen LogP contribution in [0, 0.1) is 0 Å². The van der Waals surface area contributed by atoms with Crippen molar-refractivity contribution in [2.45, 2.75) is 26.4 Å². The Labute approximate surface area is 136 Å². The van der Waals surface area contributed by atoms with Gasteiger partial charge in [-0.3, -0.25) is 4.90 Å². The van der Waals surface area contributed by atoms with E-state index in [9.17, 15) is 0 Å². The first-order valence-corrected chi connectivity index (χ1v) is 8.03. The van der Waals surface area contributed by atoms with Gasteiger partial charge >= 0.3 is 0 Å². The van der Waals surface area contributed by atoms with Crippen LogP contribution in [0.4, 0.5) is 5.69 Å². The Balaban J connectivity index is 1.56. The number of anilines is 1. The first-order chi connectivity index (χ1) is 11.2. The van der Waals surface area contributed by atoms with Crippen molar-refractivity contribution in [3.8, 4) is 5.88 Å². The first kappa shape index (κ1) is 15.7. The summed E-state index contributed by atoms with van der Waals surface area (Å²) >= 11 is 0. The van der Waals surface area contributed by atoms with Crippen LogP contribution in [0.2, 0.25) is 0 Å². The fourth-order valence-corrected chi connectivity index (χ4v) is 2.86. The minimum Gasteiger partial charge on any atom is -0.481 e. The van der Waals surface area contributed by atoms with Crippen molar-refractivity contribution in [2.75, 3.05) is 38.2 Å². The van der Waals surface area contributed by atoms with Crippen molar-refractivity contribution in [3.63, 3.8) is 0 Å². The molecule has 7 heteroatoms. The molecular weight excluding hydrogens is 292 g/mol. The lowest BCUT2D eigenvalue weighted by molar-refractivity contribution is 0.239. The number of methoxy groups -OCH3 is 1. The maximum absolute atomic E-state index is 5.11. The van der Waals surface area contributed by atoms with Crippen LogP contribution in [0.3, 0.4) is 0 Å². The molecule has 0 bridgehead atoms. The minimum absolute atomic E-state index is 0.395. The second kappa shape index (κ2) is 6.95. The van der Waals surface area contributed by atoms with Gasteiger partial charge in [-0.25, -0.2) is 4.98 Å². The normalized spacial score (nSPS) is 16.1. The third kappa shape index (κ3) is 3.61. The summed E-state index contributed by atoms with van der Waals surface area (Å²) in [5.74, 6) is 1.69. The quantitative estimate of drug-likeness (QED) is 0.835. The number of piperazine rings is 1. The van der Waals surface area contributed by atoms with Crippen LogP contribution in [0.1, 0.15) is 25.7 Å². The third-order valence-electron chi connectivity index (χ3n) is 4.24. The summed E-state index contributed by atoms with van der Waals surface area (Å²) in [6.45, 7) is 9.16. The summed E-state index contributed by atoms with van der Waals surface area (Å²) in [4.78, 5) is 9.07. The van der Waals surface area contributed by atoms with Gasteiger partial charge in [0.1, 0.15) is 12.2 Å². The molecule has 0 atom stereocenters. The molecular formula is C16H24N6O. The van der Waals surface area contributed by atoms with Crippen molar-refractivity contribution < 1.29 is 4.74 Å². The maximum Gasteiger partial charge on any atom is 0.213 e. The van der Waals surface area contributed by atoms with Crippen LogP contribution in [0.5, 0.6) is 5.88 Å². The van der Waals surface area contributed by atoms with Crippen molar-refractivity contribution >= 4 is 5.69 Å². The molecule has 3 rings (SSSR count). The van der Waals surface area contributed by atoms with E-state index in [1.807, 2.05) is 18.6 Å². The highest BCUT2D eigenvalue weighted by Gasteiger charge is 2.19. The van der Waals surface area contributed by atoms with Crippen LogP contribution in [-0.4, -0.2) is 57.9 Å². The SMILES string of the molecule is COc1ccc(N2CCN(Cc3nncn3C(C)C)CC2)cn1. The van der Waals surface area contributed by atoms with Gasteiger partial charge in [0.05, 0.1) is 25.5 Å². The summed E-state index contributed by atoms with van der Waals surface area (Å²) in [6.07, 6.45) is 3.70. The van der Waals surface area contributed by atoms with E-state index >= 15 is 0 Å². The third-order valence-corrected chi connectivity index (χ3v) is 4.24. The molecule has 1 aliphatic heterocycles. The van der Waals surface area contributed by atoms with Crippen LogP contribution < -0.4 is 9.64 Å². The van der Waals surface area contributed by atoms with Gasteiger partial charge in [-0.05, 0) is 19.9 Å². The molecule has 0 N–H and O–H groups in total. The van der Waals surface area contributed by atoms with Crippen molar-refractivity contribution in [1.29, 1.82) is 0 Å².